The van der Waals surface area contributed by atoms with Crippen molar-refractivity contribution in [1.29, 1.82) is 0 Å². The number of nitrogens with zero attached hydrogens (tertiary/aromatic N) is 1. The van der Waals surface area contributed by atoms with Crippen LogP contribution in [-0.4, -0.2) is 23.6 Å². The van der Waals surface area contributed by atoms with Gasteiger partial charge < -0.3 is 15.2 Å². The minimum atomic E-state index is -0.406. The first-order valence-corrected chi connectivity index (χ1v) is 8.24. The lowest BCUT2D eigenvalue weighted by Crippen LogP contribution is -2.89. The predicted octanol–water partition coefficient (Wildman–Crippen LogP) is 0.920. The number of aromatic nitrogens is 1. The number of benzene rings is 1. The SMILES string of the molecule is O=C(Nc1ccc2n(c1=O)C[C@@H]1C[NH2+]C[C@H]2C1)c1ccc(F)cc1. The number of quaternary nitrogens is 1. The normalized spacial score (nSPS) is 21.9. The van der Waals surface area contributed by atoms with Crippen LogP contribution in [-0.2, 0) is 6.54 Å². The second kappa shape index (κ2) is 5.87. The third-order valence-electron chi connectivity index (χ3n) is 4.99. The third kappa shape index (κ3) is 2.63. The molecule has 6 heteroatoms. The van der Waals surface area contributed by atoms with Gasteiger partial charge in [-0.25, -0.2) is 4.39 Å². The van der Waals surface area contributed by atoms with Crippen molar-refractivity contribution in [2.45, 2.75) is 18.9 Å². The van der Waals surface area contributed by atoms with E-state index < -0.39 is 11.7 Å². The summed E-state index contributed by atoms with van der Waals surface area (Å²) in [5, 5.41) is 4.98. The molecule has 1 fully saturated rings. The Hall–Kier alpha value is -2.47. The van der Waals surface area contributed by atoms with Crippen LogP contribution in [0.4, 0.5) is 10.1 Å². The smallest absolute Gasteiger partial charge is 0.274 e. The number of hydrogen-bond donors (Lipinski definition) is 2. The van der Waals surface area contributed by atoms with Crippen LogP contribution < -0.4 is 16.2 Å². The summed E-state index contributed by atoms with van der Waals surface area (Å²) in [7, 11) is 0. The summed E-state index contributed by atoms with van der Waals surface area (Å²) in [6.45, 7) is 2.77. The summed E-state index contributed by atoms with van der Waals surface area (Å²) in [5.74, 6) is 0.116. The van der Waals surface area contributed by atoms with Gasteiger partial charge in [0, 0.05) is 29.6 Å². The molecule has 124 valence electrons. The van der Waals surface area contributed by atoms with Gasteiger partial charge in [0.25, 0.3) is 11.5 Å². The Morgan fingerprint density at radius 3 is 2.75 bits per heavy atom. The number of rotatable bonds is 2. The molecule has 2 aliphatic heterocycles. The van der Waals surface area contributed by atoms with Gasteiger partial charge in [-0.1, -0.05) is 0 Å². The molecule has 5 nitrogen and oxygen atoms in total. The zero-order chi connectivity index (χ0) is 16.7. The summed E-state index contributed by atoms with van der Waals surface area (Å²) in [6, 6.07) is 8.90. The maximum atomic E-state index is 13.0. The van der Waals surface area contributed by atoms with E-state index in [0.29, 0.717) is 23.9 Å². The van der Waals surface area contributed by atoms with E-state index in [2.05, 4.69) is 10.6 Å². The lowest BCUT2D eigenvalue weighted by molar-refractivity contribution is -0.673. The monoisotopic (exact) mass is 328 g/mol. The summed E-state index contributed by atoms with van der Waals surface area (Å²) < 4.78 is 14.8. The van der Waals surface area contributed by atoms with Crippen LogP contribution in [0.25, 0.3) is 0 Å². The van der Waals surface area contributed by atoms with Gasteiger partial charge in [-0.2, -0.15) is 0 Å². The molecule has 3 heterocycles. The second-order valence-corrected chi connectivity index (χ2v) is 6.61. The summed E-state index contributed by atoms with van der Waals surface area (Å²) in [5.41, 5.74) is 1.51. The first-order chi connectivity index (χ1) is 11.6. The standard InChI is InChI=1S/C18H18FN3O2/c19-14-3-1-12(2-4-14)17(23)21-15-5-6-16-13-7-11(8-20-9-13)10-22(16)18(15)24/h1-6,11,13,20H,7-10H2,(H,21,23)/p+1/t11-,13+/m0/s1. The van der Waals surface area contributed by atoms with E-state index in [1.807, 2.05) is 10.6 Å². The molecule has 1 aromatic heterocycles. The topological polar surface area (TPSA) is 67.7 Å². The third-order valence-corrected chi connectivity index (χ3v) is 4.99. The summed E-state index contributed by atoms with van der Waals surface area (Å²) in [4.78, 5) is 25.0. The van der Waals surface area contributed by atoms with Gasteiger partial charge in [0.15, 0.2) is 0 Å². The van der Waals surface area contributed by atoms with Crippen LogP contribution in [0.3, 0.4) is 0 Å². The highest BCUT2D eigenvalue weighted by molar-refractivity contribution is 6.04. The Morgan fingerprint density at radius 2 is 1.96 bits per heavy atom. The van der Waals surface area contributed by atoms with Gasteiger partial charge in [-0.3, -0.25) is 9.59 Å². The predicted molar refractivity (Wildman–Crippen MR) is 87.6 cm³/mol. The number of pyridine rings is 1. The maximum absolute atomic E-state index is 13.0. The summed E-state index contributed by atoms with van der Waals surface area (Å²) >= 11 is 0. The number of nitrogens with one attached hydrogen (secondary N) is 1. The Kier molecular flexibility index (Phi) is 3.69. The van der Waals surface area contributed by atoms with Crippen LogP contribution in [0, 0.1) is 11.7 Å². The first kappa shape index (κ1) is 15.1. The number of carbonyl (C=O) groups is 1. The van der Waals surface area contributed by atoms with Crippen molar-refractivity contribution in [3.05, 3.63) is 63.8 Å². The first-order valence-electron chi connectivity index (χ1n) is 8.24. The van der Waals surface area contributed by atoms with E-state index in [-0.39, 0.29) is 11.2 Å². The highest BCUT2D eigenvalue weighted by Crippen LogP contribution is 2.30. The second-order valence-electron chi connectivity index (χ2n) is 6.61. The van der Waals surface area contributed by atoms with Gasteiger partial charge in [0.2, 0.25) is 0 Å². The average Bonchev–Trinajstić information content (AvgIpc) is 2.59. The molecule has 2 atom stereocenters. The minimum absolute atomic E-state index is 0.153. The molecule has 0 radical (unpaired) electrons. The van der Waals surface area contributed by atoms with Crippen molar-refractivity contribution in [1.82, 2.24) is 4.57 Å². The Labute approximate surface area is 138 Å². The molecule has 0 aliphatic carbocycles. The van der Waals surface area contributed by atoms with E-state index in [4.69, 9.17) is 0 Å². The highest BCUT2D eigenvalue weighted by atomic mass is 19.1. The molecule has 0 spiro atoms. The number of hydrogen-bond acceptors (Lipinski definition) is 2. The van der Waals surface area contributed by atoms with Gasteiger partial charge in [0.05, 0.1) is 13.1 Å². The van der Waals surface area contributed by atoms with Crippen molar-refractivity contribution in [3.63, 3.8) is 0 Å². The molecule has 1 saturated heterocycles. The number of amides is 1. The fraction of sp³-hybridized carbons (Fsp3) is 0.333. The van der Waals surface area contributed by atoms with Crippen molar-refractivity contribution in [2.75, 3.05) is 18.4 Å². The van der Waals surface area contributed by atoms with Gasteiger partial charge in [0.1, 0.15) is 11.5 Å². The van der Waals surface area contributed by atoms with Gasteiger partial charge >= 0.3 is 0 Å². The molecule has 2 bridgehead atoms. The highest BCUT2D eigenvalue weighted by Gasteiger charge is 2.33. The van der Waals surface area contributed by atoms with E-state index in [9.17, 15) is 14.0 Å². The minimum Gasteiger partial charge on any atom is -0.345 e. The van der Waals surface area contributed by atoms with E-state index >= 15 is 0 Å². The van der Waals surface area contributed by atoms with E-state index in [1.54, 1.807) is 6.07 Å². The zero-order valence-electron chi connectivity index (χ0n) is 13.2. The molecule has 0 unspecified atom stereocenters. The molecule has 0 saturated carbocycles. The maximum Gasteiger partial charge on any atom is 0.274 e. The van der Waals surface area contributed by atoms with Gasteiger partial charge in [-0.05, 0) is 42.8 Å². The number of piperidine rings is 1. The number of carbonyl (C=O) groups excluding carboxylic acids is 1. The molecule has 1 aromatic carbocycles. The Morgan fingerprint density at radius 1 is 1.17 bits per heavy atom. The van der Waals surface area contributed by atoms with Crippen LogP contribution in [0.1, 0.15) is 28.4 Å². The van der Waals surface area contributed by atoms with Crippen molar-refractivity contribution < 1.29 is 14.5 Å². The largest absolute Gasteiger partial charge is 0.345 e. The lowest BCUT2D eigenvalue weighted by Gasteiger charge is -2.35. The molecular weight excluding hydrogens is 309 g/mol. The van der Waals surface area contributed by atoms with E-state index in [0.717, 1.165) is 25.2 Å². The van der Waals surface area contributed by atoms with Crippen LogP contribution in [0.5, 0.6) is 0 Å². The number of anilines is 1. The van der Waals surface area contributed by atoms with Crippen molar-refractivity contribution >= 4 is 11.6 Å². The van der Waals surface area contributed by atoms with Crippen LogP contribution >= 0.6 is 0 Å². The van der Waals surface area contributed by atoms with Crippen molar-refractivity contribution in [2.24, 2.45) is 5.92 Å². The Balaban J connectivity index is 1.63. The van der Waals surface area contributed by atoms with Crippen molar-refractivity contribution in [3.8, 4) is 0 Å². The molecule has 1 amide bonds. The Bertz CT molecular complexity index is 844. The average molecular weight is 328 g/mol. The number of fused-ring (bicyclic) bond motifs is 4. The van der Waals surface area contributed by atoms with Crippen LogP contribution in [0.15, 0.2) is 41.2 Å². The van der Waals surface area contributed by atoms with Gasteiger partial charge in [-0.15, -0.1) is 0 Å². The molecule has 3 N–H and O–H groups in total. The number of halogens is 1. The van der Waals surface area contributed by atoms with Crippen LogP contribution in [0.2, 0.25) is 0 Å². The molecular formula is C18H19FN3O2+. The number of nitrogens with two attached hydrogens (primary N) is 1. The molecule has 2 aliphatic rings. The van der Waals surface area contributed by atoms with E-state index in [1.165, 1.54) is 24.3 Å². The quantitative estimate of drug-likeness (QED) is 0.861. The molecule has 4 rings (SSSR count). The fourth-order valence-corrected chi connectivity index (χ4v) is 3.80. The summed E-state index contributed by atoms with van der Waals surface area (Å²) in [6.07, 6.45) is 1.14. The molecule has 2 aromatic rings. The fourth-order valence-electron chi connectivity index (χ4n) is 3.80. The lowest BCUT2D eigenvalue weighted by atomic mass is 9.84. The zero-order valence-corrected chi connectivity index (χ0v) is 13.2. The molecule has 24 heavy (non-hydrogen) atoms.